The third-order valence-corrected chi connectivity index (χ3v) is 4.68. The Morgan fingerprint density at radius 1 is 1.27 bits per heavy atom. The molecule has 6 heteroatoms. The molecule has 2 heterocycles. The third-order valence-electron chi connectivity index (χ3n) is 4.68. The zero-order chi connectivity index (χ0) is 18.2. The van der Waals surface area contributed by atoms with Crippen molar-refractivity contribution < 1.29 is 14.3 Å². The minimum Gasteiger partial charge on any atom is -0.489 e. The molecular formula is C20H25N3O3. The van der Waals surface area contributed by atoms with Crippen molar-refractivity contribution in [2.75, 3.05) is 32.1 Å². The van der Waals surface area contributed by atoms with Gasteiger partial charge in [-0.25, -0.2) is 0 Å². The van der Waals surface area contributed by atoms with Gasteiger partial charge in [0.1, 0.15) is 12.4 Å². The summed E-state index contributed by atoms with van der Waals surface area (Å²) in [6.07, 6.45) is 5.04. The molecule has 2 aromatic rings. The molecule has 0 aliphatic carbocycles. The number of amides is 1. The third kappa shape index (κ3) is 4.59. The molecule has 1 amide bonds. The Labute approximate surface area is 153 Å². The van der Waals surface area contributed by atoms with Gasteiger partial charge in [0.2, 0.25) is 5.91 Å². The van der Waals surface area contributed by atoms with Crippen LogP contribution in [-0.4, -0.2) is 37.7 Å². The van der Waals surface area contributed by atoms with Gasteiger partial charge in [0.25, 0.3) is 0 Å². The summed E-state index contributed by atoms with van der Waals surface area (Å²) in [5.74, 6) is 0.711. The van der Waals surface area contributed by atoms with Crippen LogP contribution < -0.4 is 15.4 Å². The summed E-state index contributed by atoms with van der Waals surface area (Å²) in [5.41, 5.74) is 1.25. The minimum atomic E-state index is -0.480. The van der Waals surface area contributed by atoms with E-state index in [1.165, 1.54) is 0 Å². The van der Waals surface area contributed by atoms with Crippen molar-refractivity contribution in [1.29, 1.82) is 0 Å². The van der Waals surface area contributed by atoms with Gasteiger partial charge in [0.15, 0.2) is 0 Å². The Balaban J connectivity index is 1.64. The number of nitrogens with one attached hydrogen (secondary N) is 2. The van der Waals surface area contributed by atoms with Crippen LogP contribution >= 0.6 is 0 Å². The number of hydrogen-bond acceptors (Lipinski definition) is 5. The number of aromatic nitrogens is 1. The fourth-order valence-electron chi connectivity index (χ4n) is 3.20. The molecule has 0 bridgehead atoms. The van der Waals surface area contributed by atoms with Crippen LogP contribution in [0.5, 0.6) is 5.75 Å². The monoisotopic (exact) mass is 355 g/mol. The van der Waals surface area contributed by atoms with E-state index in [9.17, 15) is 4.79 Å². The van der Waals surface area contributed by atoms with Gasteiger partial charge in [-0.1, -0.05) is 12.1 Å². The lowest BCUT2D eigenvalue weighted by Gasteiger charge is -2.35. The Morgan fingerprint density at radius 2 is 2.12 bits per heavy atom. The van der Waals surface area contributed by atoms with Crippen molar-refractivity contribution in [3.05, 3.63) is 54.4 Å². The van der Waals surface area contributed by atoms with Gasteiger partial charge >= 0.3 is 0 Å². The van der Waals surface area contributed by atoms with E-state index in [4.69, 9.17) is 9.47 Å². The zero-order valence-electron chi connectivity index (χ0n) is 15.0. The van der Waals surface area contributed by atoms with Crippen molar-refractivity contribution in [2.45, 2.75) is 19.4 Å². The number of carbonyl (C=O) groups excluding carboxylic acids is 1. The molecule has 1 aromatic heterocycles. The number of rotatable bonds is 7. The fourth-order valence-corrected chi connectivity index (χ4v) is 3.20. The Morgan fingerprint density at radius 3 is 2.85 bits per heavy atom. The average Bonchev–Trinajstić information content (AvgIpc) is 2.68. The van der Waals surface area contributed by atoms with Crippen LogP contribution in [-0.2, 0) is 16.1 Å². The maximum absolute atomic E-state index is 12.9. The summed E-state index contributed by atoms with van der Waals surface area (Å²) in [6, 6.07) is 11.3. The Hall–Kier alpha value is -2.44. The van der Waals surface area contributed by atoms with Crippen molar-refractivity contribution in [1.82, 2.24) is 10.3 Å². The first-order chi connectivity index (χ1) is 12.7. The number of methoxy groups -OCH3 is 1. The molecule has 0 unspecified atom stereocenters. The van der Waals surface area contributed by atoms with E-state index in [2.05, 4.69) is 15.6 Å². The van der Waals surface area contributed by atoms with Crippen molar-refractivity contribution in [2.24, 2.45) is 5.41 Å². The van der Waals surface area contributed by atoms with E-state index in [0.717, 1.165) is 37.2 Å². The molecule has 1 aromatic carbocycles. The molecule has 1 aliphatic heterocycles. The van der Waals surface area contributed by atoms with Crippen LogP contribution in [0.4, 0.5) is 5.69 Å². The standard InChI is InChI=1S/C20H25N3O3/c1-25-15-20(7-10-21-11-8-20)19(24)23-17-5-2-6-18(12-17)26-14-16-4-3-9-22-13-16/h2-6,9,12-13,21H,7-8,10-11,14-15H2,1H3,(H,23,24). The second-order valence-electron chi connectivity index (χ2n) is 6.60. The van der Waals surface area contributed by atoms with E-state index in [1.807, 2.05) is 36.4 Å². The van der Waals surface area contributed by atoms with E-state index in [0.29, 0.717) is 19.0 Å². The number of pyridine rings is 1. The van der Waals surface area contributed by atoms with Gasteiger partial charge in [0, 0.05) is 36.8 Å². The molecule has 26 heavy (non-hydrogen) atoms. The number of nitrogens with zero attached hydrogens (tertiary/aromatic N) is 1. The van der Waals surface area contributed by atoms with Crippen molar-refractivity contribution in [3.8, 4) is 5.75 Å². The lowest BCUT2D eigenvalue weighted by molar-refractivity contribution is -0.130. The molecule has 1 aliphatic rings. The second kappa shape index (κ2) is 8.78. The van der Waals surface area contributed by atoms with Crippen molar-refractivity contribution >= 4 is 11.6 Å². The van der Waals surface area contributed by atoms with Crippen LogP contribution in [0, 0.1) is 5.41 Å². The summed E-state index contributed by atoms with van der Waals surface area (Å²) in [7, 11) is 1.64. The summed E-state index contributed by atoms with van der Waals surface area (Å²) < 4.78 is 11.1. The molecule has 0 spiro atoms. The predicted octanol–water partition coefficient (Wildman–Crippen LogP) is 2.62. The summed E-state index contributed by atoms with van der Waals surface area (Å²) >= 11 is 0. The van der Waals surface area contributed by atoms with Crippen LogP contribution in [0.2, 0.25) is 0 Å². The first-order valence-electron chi connectivity index (χ1n) is 8.85. The molecule has 0 atom stereocenters. The maximum Gasteiger partial charge on any atom is 0.233 e. The highest BCUT2D eigenvalue weighted by atomic mass is 16.5. The topological polar surface area (TPSA) is 72.5 Å². The Kier molecular flexibility index (Phi) is 6.20. The number of hydrogen-bond donors (Lipinski definition) is 2. The molecule has 0 saturated carbocycles. The van der Waals surface area contributed by atoms with E-state index < -0.39 is 5.41 Å². The average molecular weight is 355 g/mol. The molecular weight excluding hydrogens is 330 g/mol. The molecule has 1 fully saturated rings. The molecule has 3 rings (SSSR count). The predicted molar refractivity (Wildman–Crippen MR) is 100 cm³/mol. The molecule has 138 valence electrons. The van der Waals surface area contributed by atoms with E-state index >= 15 is 0 Å². The van der Waals surface area contributed by atoms with Crippen LogP contribution in [0.15, 0.2) is 48.8 Å². The van der Waals surface area contributed by atoms with Gasteiger partial charge in [-0.3, -0.25) is 9.78 Å². The van der Waals surface area contributed by atoms with E-state index in [-0.39, 0.29) is 5.91 Å². The highest BCUT2D eigenvalue weighted by Gasteiger charge is 2.39. The second-order valence-corrected chi connectivity index (χ2v) is 6.60. The van der Waals surface area contributed by atoms with Gasteiger partial charge < -0.3 is 20.1 Å². The number of benzene rings is 1. The number of carbonyl (C=O) groups is 1. The van der Waals surface area contributed by atoms with Gasteiger partial charge in [0.05, 0.1) is 12.0 Å². The highest BCUT2D eigenvalue weighted by Crippen LogP contribution is 2.31. The normalized spacial score (nSPS) is 16.0. The van der Waals surface area contributed by atoms with Gasteiger partial charge in [-0.05, 0) is 44.1 Å². The summed E-state index contributed by atoms with van der Waals surface area (Å²) in [6.45, 7) is 2.51. The number of anilines is 1. The smallest absolute Gasteiger partial charge is 0.233 e. The van der Waals surface area contributed by atoms with Gasteiger partial charge in [-0.15, -0.1) is 0 Å². The molecule has 1 saturated heterocycles. The molecule has 0 radical (unpaired) electrons. The SMILES string of the molecule is COCC1(C(=O)Nc2cccc(OCc3cccnc3)c2)CCNCC1. The van der Waals surface area contributed by atoms with Gasteiger partial charge in [-0.2, -0.15) is 0 Å². The number of piperidine rings is 1. The highest BCUT2D eigenvalue weighted by molar-refractivity contribution is 5.95. The van der Waals surface area contributed by atoms with Crippen LogP contribution in [0.1, 0.15) is 18.4 Å². The van der Waals surface area contributed by atoms with Crippen LogP contribution in [0.3, 0.4) is 0 Å². The first-order valence-corrected chi connectivity index (χ1v) is 8.85. The lowest BCUT2D eigenvalue weighted by atomic mass is 9.78. The quantitative estimate of drug-likeness (QED) is 0.799. The largest absolute Gasteiger partial charge is 0.489 e. The van der Waals surface area contributed by atoms with Crippen LogP contribution in [0.25, 0.3) is 0 Å². The lowest BCUT2D eigenvalue weighted by Crippen LogP contribution is -2.47. The molecule has 6 nitrogen and oxygen atoms in total. The Bertz CT molecular complexity index is 710. The fraction of sp³-hybridized carbons (Fsp3) is 0.400. The summed E-state index contributed by atoms with van der Waals surface area (Å²) in [5, 5.41) is 6.33. The zero-order valence-corrected chi connectivity index (χ0v) is 15.0. The number of ether oxygens (including phenoxy) is 2. The summed E-state index contributed by atoms with van der Waals surface area (Å²) in [4.78, 5) is 17.0. The molecule has 2 N–H and O–H groups in total. The minimum absolute atomic E-state index is 0.00487. The van der Waals surface area contributed by atoms with Crippen molar-refractivity contribution in [3.63, 3.8) is 0 Å². The van der Waals surface area contributed by atoms with E-state index in [1.54, 1.807) is 19.5 Å². The first kappa shape index (κ1) is 18.4. The maximum atomic E-state index is 12.9.